The third kappa shape index (κ3) is 3.51. The number of aryl methyl sites for hydroxylation is 2. The molecule has 0 fully saturated rings. The van der Waals surface area contributed by atoms with Gasteiger partial charge in [-0.1, -0.05) is 41.9 Å². The van der Waals surface area contributed by atoms with Crippen LogP contribution in [0.2, 0.25) is 5.02 Å². The molecule has 0 radical (unpaired) electrons. The molecular formula is C24H18ClNO3S. The Labute approximate surface area is 180 Å². The normalized spacial score (nSPS) is 11.6. The van der Waals surface area contributed by atoms with Gasteiger partial charge in [-0.3, -0.25) is 9.78 Å². The van der Waals surface area contributed by atoms with Crippen molar-refractivity contribution in [1.29, 1.82) is 0 Å². The van der Waals surface area contributed by atoms with Crippen LogP contribution in [0.25, 0.3) is 10.9 Å². The number of nitrogens with zero attached hydrogens (tertiary/aromatic N) is 1. The van der Waals surface area contributed by atoms with Crippen LogP contribution in [0.1, 0.15) is 27.0 Å². The molecule has 0 aliphatic carbocycles. The summed E-state index contributed by atoms with van der Waals surface area (Å²) in [4.78, 5) is 17.7. The minimum Gasteiger partial charge on any atom is -0.289 e. The zero-order chi connectivity index (χ0) is 21.5. The van der Waals surface area contributed by atoms with Crippen molar-refractivity contribution < 1.29 is 13.2 Å². The molecule has 0 spiro atoms. The highest BCUT2D eigenvalue weighted by molar-refractivity contribution is 7.91. The van der Waals surface area contributed by atoms with E-state index in [1.54, 1.807) is 36.4 Å². The second-order valence-corrected chi connectivity index (χ2v) is 9.43. The molecule has 0 aliphatic rings. The molecule has 0 N–H and O–H groups in total. The largest absolute Gasteiger partial charge is 0.289 e. The van der Waals surface area contributed by atoms with Crippen molar-refractivity contribution in [2.75, 3.05) is 0 Å². The van der Waals surface area contributed by atoms with E-state index in [9.17, 15) is 13.2 Å². The Morgan fingerprint density at radius 1 is 0.900 bits per heavy atom. The Kier molecular flexibility index (Phi) is 5.18. The molecular weight excluding hydrogens is 418 g/mol. The third-order valence-electron chi connectivity index (χ3n) is 5.13. The molecule has 4 rings (SSSR count). The maximum absolute atomic E-state index is 13.6. The molecule has 1 heterocycles. The van der Waals surface area contributed by atoms with Crippen molar-refractivity contribution in [2.45, 2.75) is 23.6 Å². The molecule has 0 bridgehead atoms. The van der Waals surface area contributed by atoms with E-state index in [1.807, 2.05) is 19.9 Å². The van der Waals surface area contributed by atoms with Gasteiger partial charge in [0.15, 0.2) is 5.78 Å². The molecule has 0 aliphatic heterocycles. The van der Waals surface area contributed by atoms with Crippen molar-refractivity contribution in [3.05, 3.63) is 100 Å². The van der Waals surface area contributed by atoms with Gasteiger partial charge in [0.1, 0.15) is 0 Å². The van der Waals surface area contributed by atoms with Gasteiger partial charge in [-0.15, -0.1) is 0 Å². The van der Waals surface area contributed by atoms with Gasteiger partial charge in [0.25, 0.3) is 0 Å². The number of rotatable bonds is 4. The average Bonchev–Trinajstić information content (AvgIpc) is 2.74. The Bertz CT molecular complexity index is 1390. The number of hydrogen-bond acceptors (Lipinski definition) is 4. The number of ketones is 1. The van der Waals surface area contributed by atoms with E-state index >= 15 is 0 Å². The first-order valence-electron chi connectivity index (χ1n) is 9.29. The number of para-hydroxylation sites is 1. The van der Waals surface area contributed by atoms with Crippen LogP contribution in [0.3, 0.4) is 0 Å². The SMILES string of the molecule is Cc1ccc(C(=O)c2cnc3ccccc3c2S(=O)(=O)c2ccc(Cl)cc2)cc1C. The Morgan fingerprint density at radius 3 is 2.30 bits per heavy atom. The molecule has 0 atom stereocenters. The molecule has 4 aromatic rings. The highest BCUT2D eigenvalue weighted by Crippen LogP contribution is 2.32. The molecule has 150 valence electrons. The standard InChI is InChI=1S/C24H18ClNO3S/c1-15-7-8-17(13-16(15)2)23(27)21-14-26-22-6-4-3-5-20(22)24(21)30(28,29)19-11-9-18(25)10-12-19/h3-14H,1-2H3. The first kappa shape index (κ1) is 20.3. The van der Waals surface area contributed by atoms with Crippen LogP contribution in [-0.2, 0) is 9.84 Å². The lowest BCUT2D eigenvalue weighted by Gasteiger charge is -2.13. The molecule has 1 aromatic heterocycles. The summed E-state index contributed by atoms with van der Waals surface area (Å²) in [6, 6.07) is 18.1. The number of carbonyl (C=O) groups is 1. The van der Waals surface area contributed by atoms with Crippen LogP contribution in [-0.4, -0.2) is 19.2 Å². The van der Waals surface area contributed by atoms with Crippen molar-refractivity contribution in [3.63, 3.8) is 0 Å². The number of aromatic nitrogens is 1. The molecule has 3 aromatic carbocycles. The van der Waals surface area contributed by atoms with E-state index < -0.39 is 9.84 Å². The van der Waals surface area contributed by atoms with E-state index in [-0.39, 0.29) is 21.1 Å². The van der Waals surface area contributed by atoms with E-state index in [0.29, 0.717) is 21.5 Å². The number of halogens is 1. The first-order chi connectivity index (χ1) is 14.3. The maximum atomic E-state index is 13.6. The van der Waals surface area contributed by atoms with Crippen LogP contribution < -0.4 is 0 Å². The zero-order valence-corrected chi connectivity index (χ0v) is 18.0. The molecule has 6 heteroatoms. The van der Waals surface area contributed by atoms with Gasteiger partial charge in [0.2, 0.25) is 9.84 Å². The van der Waals surface area contributed by atoms with Gasteiger partial charge in [0.05, 0.1) is 20.9 Å². The van der Waals surface area contributed by atoms with Gasteiger partial charge in [0, 0.05) is 22.2 Å². The molecule has 0 unspecified atom stereocenters. The van der Waals surface area contributed by atoms with Gasteiger partial charge >= 0.3 is 0 Å². The summed E-state index contributed by atoms with van der Waals surface area (Å²) in [5, 5.41) is 0.835. The van der Waals surface area contributed by atoms with E-state index in [0.717, 1.165) is 11.1 Å². The predicted octanol–water partition coefficient (Wildman–Crippen LogP) is 5.57. The second-order valence-electron chi connectivity index (χ2n) is 7.10. The Hall–Kier alpha value is -3.02. The van der Waals surface area contributed by atoms with Crippen LogP contribution >= 0.6 is 11.6 Å². The van der Waals surface area contributed by atoms with E-state index in [1.165, 1.54) is 30.5 Å². The highest BCUT2D eigenvalue weighted by Gasteiger charge is 2.28. The molecule has 0 amide bonds. The topological polar surface area (TPSA) is 64.1 Å². The fourth-order valence-corrected chi connectivity index (χ4v) is 5.09. The highest BCUT2D eigenvalue weighted by atomic mass is 35.5. The van der Waals surface area contributed by atoms with Crippen LogP contribution in [0.4, 0.5) is 0 Å². The Balaban J connectivity index is 2.00. The first-order valence-corrected chi connectivity index (χ1v) is 11.2. The number of carbonyl (C=O) groups excluding carboxylic acids is 1. The number of sulfone groups is 1. The molecule has 0 saturated heterocycles. The molecule has 30 heavy (non-hydrogen) atoms. The van der Waals surface area contributed by atoms with E-state index in [2.05, 4.69) is 4.98 Å². The summed E-state index contributed by atoms with van der Waals surface area (Å²) in [6.07, 6.45) is 1.35. The van der Waals surface area contributed by atoms with Gasteiger partial charge in [-0.2, -0.15) is 0 Å². The summed E-state index contributed by atoms with van der Waals surface area (Å²) in [6.45, 7) is 3.87. The van der Waals surface area contributed by atoms with E-state index in [4.69, 9.17) is 11.6 Å². The summed E-state index contributed by atoms with van der Waals surface area (Å²) >= 11 is 5.93. The van der Waals surface area contributed by atoms with Gasteiger partial charge in [-0.25, -0.2) is 8.42 Å². The van der Waals surface area contributed by atoms with Crippen LogP contribution in [0.5, 0.6) is 0 Å². The number of fused-ring (bicyclic) bond motifs is 1. The van der Waals surface area contributed by atoms with Crippen LogP contribution in [0.15, 0.2) is 82.7 Å². The summed E-state index contributed by atoms with van der Waals surface area (Å²) in [5.74, 6) is -0.385. The smallest absolute Gasteiger partial charge is 0.208 e. The Morgan fingerprint density at radius 2 is 1.60 bits per heavy atom. The predicted molar refractivity (Wildman–Crippen MR) is 118 cm³/mol. The lowest BCUT2D eigenvalue weighted by Crippen LogP contribution is -2.13. The third-order valence-corrected chi connectivity index (χ3v) is 7.25. The van der Waals surface area contributed by atoms with Gasteiger partial charge < -0.3 is 0 Å². The minimum absolute atomic E-state index is 0.0429. The summed E-state index contributed by atoms with van der Waals surface area (Å²) in [7, 11) is -4.00. The van der Waals surface area contributed by atoms with Crippen LogP contribution in [0, 0.1) is 13.8 Å². The number of hydrogen-bond donors (Lipinski definition) is 0. The van der Waals surface area contributed by atoms with Gasteiger partial charge in [-0.05, 0) is 61.4 Å². The van der Waals surface area contributed by atoms with Crippen molar-refractivity contribution >= 4 is 38.1 Å². The minimum atomic E-state index is -4.00. The lowest BCUT2D eigenvalue weighted by atomic mass is 9.99. The average molecular weight is 436 g/mol. The molecule has 0 saturated carbocycles. The quantitative estimate of drug-likeness (QED) is 0.393. The number of pyridine rings is 1. The number of benzene rings is 3. The van der Waals surface area contributed by atoms with Crippen molar-refractivity contribution in [3.8, 4) is 0 Å². The van der Waals surface area contributed by atoms with Crippen molar-refractivity contribution in [1.82, 2.24) is 4.98 Å². The molecule has 4 nitrogen and oxygen atoms in total. The summed E-state index contributed by atoms with van der Waals surface area (Å²) in [5.41, 5.74) is 2.98. The van der Waals surface area contributed by atoms with Crippen molar-refractivity contribution in [2.24, 2.45) is 0 Å². The fraction of sp³-hybridized carbons (Fsp3) is 0.0833. The maximum Gasteiger partial charge on any atom is 0.208 e. The lowest BCUT2D eigenvalue weighted by molar-refractivity contribution is 0.103. The fourth-order valence-electron chi connectivity index (χ4n) is 3.34. The summed E-state index contributed by atoms with van der Waals surface area (Å²) < 4.78 is 27.2. The zero-order valence-electron chi connectivity index (χ0n) is 16.4. The monoisotopic (exact) mass is 435 g/mol. The second kappa shape index (κ2) is 7.67.